The van der Waals surface area contributed by atoms with E-state index in [0.717, 1.165) is 6.42 Å². The topological polar surface area (TPSA) is 50.4 Å². The lowest BCUT2D eigenvalue weighted by Crippen LogP contribution is -2.50. The third-order valence-electron chi connectivity index (χ3n) is 1.68. The molecule has 1 atom stereocenters. The second-order valence-electron chi connectivity index (χ2n) is 4.41. The highest BCUT2D eigenvalue weighted by molar-refractivity contribution is 5.74. The van der Waals surface area contributed by atoms with Crippen LogP contribution in [0.4, 0.5) is 4.79 Å². The van der Waals surface area contributed by atoms with Crippen molar-refractivity contribution in [1.82, 2.24) is 10.6 Å². The Morgan fingerprint density at radius 2 is 2.00 bits per heavy atom. The Morgan fingerprint density at radius 1 is 1.43 bits per heavy atom. The van der Waals surface area contributed by atoms with E-state index < -0.39 is 0 Å². The molecule has 84 valence electrons. The Balaban J connectivity index is 3.91. The molecule has 0 aromatic carbocycles. The van der Waals surface area contributed by atoms with Gasteiger partial charge in [0.1, 0.15) is 0 Å². The highest BCUT2D eigenvalue weighted by atomic mass is 16.5. The summed E-state index contributed by atoms with van der Waals surface area (Å²) in [5.41, 5.74) is -0.199. The van der Waals surface area contributed by atoms with Crippen LogP contribution in [-0.2, 0) is 4.74 Å². The van der Waals surface area contributed by atoms with Crippen molar-refractivity contribution in [3.8, 4) is 0 Å². The van der Waals surface area contributed by atoms with E-state index in [1.165, 1.54) is 0 Å². The molecule has 0 saturated heterocycles. The fourth-order valence-electron chi connectivity index (χ4n) is 1.02. The number of carbonyl (C=O) groups is 1. The van der Waals surface area contributed by atoms with Gasteiger partial charge in [-0.1, -0.05) is 6.92 Å². The average molecular weight is 202 g/mol. The molecule has 0 fully saturated rings. The first-order valence-corrected chi connectivity index (χ1v) is 4.96. The molecule has 0 radical (unpaired) electrons. The Bertz CT molecular complexity index is 175. The minimum Gasteiger partial charge on any atom is -0.383 e. The minimum atomic E-state index is -0.199. The van der Waals surface area contributed by atoms with E-state index in [1.807, 2.05) is 27.7 Å². The number of urea groups is 1. The smallest absolute Gasteiger partial charge is 0.315 e. The number of amides is 2. The summed E-state index contributed by atoms with van der Waals surface area (Å²) in [6, 6.07) is -0.0521. The van der Waals surface area contributed by atoms with Gasteiger partial charge in [0, 0.05) is 12.6 Å². The lowest BCUT2D eigenvalue weighted by molar-refractivity contribution is 0.162. The standard InChI is InChI=1S/C10H22N2O2/c1-6-8(7-14-5)11-9(13)12-10(2,3)4/h8H,6-7H2,1-5H3,(H2,11,12,13). The maximum Gasteiger partial charge on any atom is 0.315 e. The number of ether oxygens (including phenoxy) is 1. The zero-order valence-electron chi connectivity index (χ0n) is 9.81. The van der Waals surface area contributed by atoms with Gasteiger partial charge in [-0.05, 0) is 27.2 Å². The molecule has 4 heteroatoms. The average Bonchev–Trinajstić information content (AvgIpc) is 2.00. The van der Waals surface area contributed by atoms with Gasteiger partial charge in [-0.3, -0.25) is 0 Å². The molecule has 0 aliphatic heterocycles. The van der Waals surface area contributed by atoms with Gasteiger partial charge in [0.2, 0.25) is 0 Å². The first kappa shape index (κ1) is 13.2. The highest BCUT2D eigenvalue weighted by Gasteiger charge is 2.15. The van der Waals surface area contributed by atoms with Crippen LogP contribution in [0.5, 0.6) is 0 Å². The number of methoxy groups -OCH3 is 1. The summed E-state index contributed by atoms with van der Waals surface area (Å²) >= 11 is 0. The van der Waals surface area contributed by atoms with Crippen molar-refractivity contribution in [2.75, 3.05) is 13.7 Å². The van der Waals surface area contributed by atoms with Crippen molar-refractivity contribution in [1.29, 1.82) is 0 Å². The van der Waals surface area contributed by atoms with Crippen LogP contribution in [0.25, 0.3) is 0 Å². The summed E-state index contributed by atoms with van der Waals surface area (Å²) in [5, 5.41) is 5.69. The third kappa shape index (κ3) is 6.71. The van der Waals surface area contributed by atoms with Crippen molar-refractivity contribution >= 4 is 6.03 Å². The van der Waals surface area contributed by atoms with E-state index in [0.29, 0.717) is 6.61 Å². The molecule has 0 bridgehead atoms. The third-order valence-corrected chi connectivity index (χ3v) is 1.68. The first-order chi connectivity index (χ1) is 6.39. The molecule has 0 aromatic heterocycles. The van der Waals surface area contributed by atoms with Crippen LogP contribution in [0, 0.1) is 0 Å². The van der Waals surface area contributed by atoms with Crippen LogP contribution >= 0.6 is 0 Å². The molecule has 1 unspecified atom stereocenters. The minimum absolute atomic E-state index is 0.0855. The first-order valence-electron chi connectivity index (χ1n) is 4.96. The Morgan fingerprint density at radius 3 is 2.36 bits per heavy atom. The van der Waals surface area contributed by atoms with E-state index in [9.17, 15) is 4.79 Å². The molecule has 4 nitrogen and oxygen atoms in total. The molecule has 0 spiro atoms. The molecule has 0 saturated carbocycles. The van der Waals surface area contributed by atoms with Crippen LogP contribution < -0.4 is 10.6 Å². The number of hydrogen-bond acceptors (Lipinski definition) is 2. The van der Waals surface area contributed by atoms with Gasteiger partial charge in [-0.25, -0.2) is 4.79 Å². The monoisotopic (exact) mass is 202 g/mol. The molecule has 0 aliphatic carbocycles. The second-order valence-corrected chi connectivity index (χ2v) is 4.41. The number of rotatable bonds is 4. The van der Waals surface area contributed by atoms with Gasteiger partial charge >= 0.3 is 6.03 Å². The molecule has 14 heavy (non-hydrogen) atoms. The summed E-state index contributed by atoms with van der Waals surface area (Å²) in [6.45, 7) is 8.41. The van der Waals surface area contributed by atoms with Gasteiger partial charge < -0.3 is 15.4 Å². The normalized spacial score (nSPS) is 13.5. The second kappa shape index (κ2) is 5.86. The zero-order chi connectivity index (χ0) is 11.2. The summed E-state index contributed by atoms with van der Waals surface area (Å²) < 4.78 is 4.98. The predicted octanol–water partition coefficient (Wildman–Crippen LogP) is 1.51. The maximum absolute atomic E-state index is 11.4. The molecular weight excluding hydrogens is 180 g/mol. The highest BCUT2D eigenvalue weighted by Crippen LogP contribution is 1.98. The number of nitrogens with one attached hydrogen (secondary N) is 2. The predicted molar refractivity (Wildman–Crippen MR) is 57.4 cm³/mol. The van der Waals surface area contributed by atoms with Crippen LogP contribution in [0.3, 0.4) is 0 Å². The molecule has 0 rings (SSSR count). The molecule has 0 aromatic rings. The van der Waals surface area contributed by atoms with E-state index in [1.54, 1.807) is 7.11 Å². The zero-order valence-corrected chi connectivity index (χ0v) is 9.81. The van der Waals surface area contributed by atoms with Crippen molar-refractivity contribution in [3.05, 3.63) is 0 Å². The van der Waals surface area contributed by atoms with Gasteiger partial charge in [-0.15, -0.1) is 0 Å². The Labute approximate surface area is 86.4 Å². The van der Waals surface area contributed by atoms with Gasteiger partial charge in [0.25, 0.3) is 0 Å². The Kier molecular flexibility index (Phi) is 5.53. The maximum atomic E-state index is 11.4. The van der Waals surface area contributed by atoms with Crippen molar-refractivity contribution < 1.29 is 9.53 Å². The van der Waals surface area contributed by atoms with Gasteiger partial charge in [-0.2, -0.15) is 0 Å². The molecular formula is C10H22N2O2. The van der Waals surface area contributed by atoms with E-state index in [4.69, 9.17) is 4.74 Å². The van der Waals surface area contributed by atoms with Crippen LogP contribution in [0.15, 0.2) is 0 Å². The van der Waals surface area contributed by atoms with E-state index in [2.05, 4.69) is 10.6 Å². The molecule has 0 aliphatic rings. The number of carbonyl (C=O) groups excluding carboxylic acids is 1. The van der Waals surface area contributed by atoms with Crippen LogP contribution in [0.1, 0.15) is 34.1 Å². The number of hydrogen-bond donors (Lipinski definition) is 2. The lowest BCUT2D eigenvalue weighted by Gasteiger charge is -2.23. The van der Waals surface area contributed by atoms with Crippen molar-refractivity contribution in [3.63, 3.8) is 0 Å². The van der Waals surface area contributed by atoms with Crippen molar-refractivity contribution in [2.24, 2.45) is 0 Å². The van der Waals surface area contributed by atoms with Crippen LogP contribution in [0.2, 0.25) is 0 Å². The molecule has 2 N–H and O–H groups in total. The summed E-state index contributed by atoms with van der Waals surface area (Å²) in [6.07, 6.45) is 0.866. The molecule has 0 heterocycles. The van der Waals surface area contributed by atoms with Gasteiger partial charge in [0.15, 0.2) is 0 Å². The quantitative estimate of drug-likeness (QED) is 0.726. The fraction of sp³-hybridized carbons (Fsp3) is 0.900. The van der Waals surface area contributed by atoms with E-state index >= 15 is 0 Å². The summed E-state index contributed by atoms with van der Waals surface area (Å²) in [5.74, 6) is 0. The Hall–Kier alpha value is -0.770. The van der Waals surface area contributed by atoms with Gasteiger partial charge in [0.05, 0.1) is 12.6 Å². The SMILES string of the molecule is CCC(COC)NC(=O)NC(C)(C)C. The fourth-order valence-corrected chi connectivity index (χ4v) is 1.02. The van der Waals surface area contributed by atoms with Crippen molar-refractivity contribution in [2.45, 2.75) is 45.7 Å². The van der Waals surface area contributed by atoms with Crippen LogP contribution in [-0.4, -0.2) is 31.3 Å². The summed E-state index contributed by atoms with van der Waals surface area (Å²) in [4.78, 5) is 11.4. The lowest BCUT2D eigenvalue weighted by atomic mass is 10.1. The van der Waals surface area contributed by atoms with E-state index in [-0.39, 0.29) is 17.6 Å². The largest absolute Gasteiger partial charge is 0.383 e. The summed E-state index contributed by atoms with van der Waals surface area (Å²) in [7, 11) is 1.63. The molecule has 2 amide bonds.